The fraction of sp³-hybridized carbons (Fsp3) is 0.211. The van der Waals surface area contributed by atoms with Crippen LogP contribution in [0.3, 0.4) is 0 Å². The van der Waals surface area contributed by atoms with Crippen LogP contribution in [0.25, 0.3) is 10.8 Å². The molecule has 3 heteroatoms. The molecule has 0 unspecified atom stereocenters. The summed E-state index contributed by atoms with van der Waals surface area (Å²) in [6, 6.07) is 18.7. The first-order chi connectivity index (χ1) is 10.7. The first-order valence-electron chi connectivity index (χ1n) is 7.54. The van der Waals surface area contributed by atoms with E-state index in [1.165, 1.54) is 16.3 Å². The van der Waals surface area contributed by atoms with E-state index in [9.17, 15) is 5.11 Å². The molecule has 0 spiro atoms. The molecule has 2 aromatic carbocycles. The third kappa shape index (κ3) is 3.32. The smallest absolute Gasteiger partial charge is 0.0929 e. The molecule has 0 aliphatic heterocycles. The number of nitrogens with one attached hydrogen (secondary N) is 1. The Morgan fingerprint density at radius 1 is 1.00 bits per heavy atom. The van der Waals surface area contributed by atoms with Crippen LogP contribution < -0.4 is 5.32 Å². The quantitative estimate of drug-likeness (QED) is 0.755. The third-order valence-electron chi connectivity index (χ3n) is 3.96. The van der Waals surface area contributed by atoms with Gasteiger partial charge in [0, 0.05) is 30.5 Å². The molecule has 2 atom stereocenters. The van der Waals surface area contributed by atoms with Crippen LogP contribution in [0.1, 0.15) is 30.2 Å². The van der Waals surface area contributed by atoms with Crippen molar-refractivity contribution in [1.29, 1.82) is 0 Å². The van der Waals surface area contributed by atoms with Crippen molar-refractivity contribution in [2.24, 2.45) is 0 Å². The molecule has 0 amide bonds. The fourth-order valence-electron chi connectivity index (χ4n) is 2.57. The predicted octanol–water partition coefficient (Wildman–Crippen LogP) is 3.62. The topological polar surface area (TPSA) is 45.1 Å². The highest BCUT2D eigenvalue weighted by Crippen LogP contribution is 2.21. The Hall–Kier alpha value is -2.23. The molecule has 0 bridgehead atoms. The monoisotopic (exact) mass is 292 g/mol. The van der Waals surface area contributed by atoms with Gasteiger partial charge >= 0.3 is 0 Å². The Morgan fingerprint density at radius 2 is 1.82 bits per heavy atom. The van der Waals surface area contributed by atoms with Crippen molar-refractivity contribution in [2.45, 2.75) is 19.1 Å². The number of aliphatic hydroxyl groups excluding tert-OH is 1. The summed E-state index contributed by atoms with van der Waals surface area (Å²) in [6.45, 7) is 2.61. The van der Waals surface area contributed by atoms with Crippen LogP contribution >= 0.6 is 0 Å². The number of aromatic nitrogens is 1. The van der Waals surface area contributed by atoms with Crippen LogP contribution in [-0.2, 0) is 0 Å². The lowest BCUT2D eigenvalue weighted by Crippen LogP contribution is -2.24. The number of rotatable bonds is 5. The molecule has 3 aromatic rings. The molecule has 3 rings (SSSR count). The number of aliphatic hydroxyl groups is 1. The summed E-state index contributed by atoms with van der Waals surface area (Å²) in [5.41, 5.74) is 2.05. The summed E-state index contributed by atoms with van der Waals surface area (Å²) in [7, 11) is 0. The molecule has 0 aliphatic rings. The number of hydrogen-bond acceptors (Lipinski definition) is 3. The van der Waals surface area contributed by atoms with Crippen molar-refractivity contribution in [3.8, 4) is 0 Å². The maximum Gasteiger partial charge on any atom is 0.0929 e. The van der Waals surface area contributed by atoms with Crippen LogP contribution in [0, 0.1) is 0 Å². The molecule has 0 radical (unpaired) electrons. The van der Waals surface area contributed by atoms with E-state index >= 15 is 0 Å². The second-order valence-corrected chi connectivity index (χ2v) is 5.54. The van der Waals surface area contributed by atoms with Crippen molar-refractivity contribution < 1.29 is 5.11 Å². The van der Waals surface area contributed by atoms with Gasteiger partial charge in [-0.2, -0.15) is 0 Å². The zero-order valence-corrected chi connectivity index (χ0v) is 12.6. The van der Waals surface area contributed by atoms with Crippen LogP contribution in [0.15, 0.2) is 67.0 Å². The minimum Gasteiger partial charge on any atom is -0.387 e. The predicted molar refractivity (Wildman–Crippen MR) is 89.6 cm³/mol. The van der Waals surface area contributed by atoms with E-state index in [1.807, 2.05) is 18.2 Å². The highest BCUT2D eigenvalue weighted by molar-refractivity contribution is 5.83. The summed E-state index contributed by atoms with van der Waals surface area (Å²) < 4.78 is 0. The lowest BCUT2D eigenvalue weighted by atomic mass is 10.0. The molecule has 22 heavy (non-hydrogen) atoms. The number of hydrogen-bond donors (Lipinski definition) is 2. The molecular formula is C19H20N2O. The summed E-state index contributed by atoms with van der Waals surface area (Å²) >= 11 is 0. The first kappa shape index (κ1) is 14.7. The Balaban J connectivity index is 1.67. The van der Waals surface area contributed by atoms with E-state index in [0.29, 0.717) is 6.54 Å². The van der Waals surface area contributed by atoms with Crippen LogP contribution in [0.5, 0.6) is 0 Å². The zero-order valence-electron chi connectivity index (χ0n) is 12.6. The van der Waals surface area contributed by atoms with E-state index in [-0.39, 0.29) is 6.04 Å². The fourth-order valence-corrected chi connectivity index (χ4v) is 2.57. The van der Waals surface area contributed by atoms with Gasteiger partial charge in [-0.1, -0.05) is 42.5 Å². The van der Waals surface area contributed by atoms with Crippen LogP contribution in [-0.4, -0.2) is 16.6 Å². The maximum absolute atomic E-state index is 10.2. The molecule has 0 fully saturated rings. The van der Waals surface area contributed by atoms with Gasteiger partial charge in [0.05, 0.1) is 6.10 Å². The van der Waals surface area contributed by atoms with Gasteiger partial charge < -0.3 is 10.4 Å². The summed E-state index contributed by atoms with van der Waals surface area (Å²) in [6.07, 6.45) is 2.87. The van der Waals surface area contributed by atoms with Crippen molar-refractivity contribution in [3.05, 3.63) is 78.1 Å². The number of nitrogens with zero attached hydrogens (tertiary/aromatic N) is 1. The van der Waals surface area contributed by atoms with Gasteiger partial charge in [-0.3, -0.25) is 4.98 Å². The van der Waals surface area contributed by atoms with Crippen molar-refractivity contribution in [2.75, 3.05) is 6.54 Å². The third-order valence-corrected chi connectivity index (χ3v) is 3.96. The SMILES string of the molecule is C[C@H](NC[C@@H](O)c1cccnc1)c1ccc2ccccc2c1. The maximum atomic E-state index is 10.2. The number of pyridine rings is 1. The zero-order chi connectivity index (χ0) is 15.4. The second kappa shape index (κ2) is 6.69. The van der Waals surface area contributed by atoms with E-state index < -0.39 is 6.10 Å². The first-order valence-corrected chi connectivity index (χ1v) is 7.54. The molecule has 0 aliphatic carbocycles. The van der Waals surface area contributed by atoms with E-state index in [4.69, 9.17) is 0 Å². The summed E-state index contributed by atoms with van der Waals surface area (Å²) in [5.74, 6) is 0. The van der Waals surface area contributed by atoms with E-state index in [1.54, 1.807) is 12.4 Å². The summed E-state index contributed by atoms with van der Waals surface area (Å²) in [4.78, 5) is 4.04. The van der Waals surface area contributed by atoms with Gasteiger partial charge in [-0.25, -0.2) is 0 Å². The standard InChI is InChI=1S/C19H20N2O/c1-14(21-13-19(22)18-7-4-10-20-12-18)16-9-8-15-5-2-3-6-17(15)11-16/h2-12,14,19,21-22H,13H2,1H3/t14-,19+/m0/s1. The van der Waals surface area contributed by atoms with Gasteiger partial charge in [0.25, 0.3) is 0 Å². The highest BCUT2D eigenvalue weighted by Gasteiger charge is 2.11. The minimum absolute atomic E-state index is 0.177. The minimum atomic E-state index is -0.545. The lowest BCUT2D eigenvalue weighted by molar-refractivity contribution is 0.170. The Labute approximate surface area is 130 Å². The van der Waals surface area contributed by atoms with Crippen LogP contribution in [0.2, 0.25) is 0 Å². The molecular weight excluding hydrogens is 272 g/mol. The molecule has 0 saturated heterocycles. The molecule has 2 N–H and O–H groups in total. The Kier molecular flexibility index (Phi) is 4.47. The second-order valence-electron chi connectivity index (χ2n) is 5.54. The van der Waals surface area contributed by atoms with Gasteiger partial charge in [0.1, 0.15) is 0 Å². The Morgan fingerprint density at radius 3 is 2.59 bits per heavy atom. The molecule has 112 valence electrons. The normalized spacial score (nSPS) is 13.9. The molecule has 1 heterocycles. The van der Waals surface area contributed by atoms with Crippen LogP contribution in [0.4, 0.5) is 0 Å². The van der Waals surface area contributed by atoms with Gasteiger partial charge in [0.2, 0.25) is 0 Å². The Bertz CT molecular complexity index is 743. The van der Waals surface area contributed by atoms with E-state index in [0.717, 1.165) is 5.56 Å². The lowest BCUT2D eigenvalue weighted by Gasteiger charge is -2.18. The molecule has 0 saturated carbocycles. The van der Waals surface area contributed by atoms with Crippen molar-refractivity contribution >= 4 is 10.8 Å². The average Bonchev–Trinajstić information content (AvgIpc) is 2.59. The number of fused-ring (bicyclic) bond motifs is 1. The van der Waals surface area contributed by atoms with Crippen molar-refractivity contribution in [1.82, 2.24) is 10.3 Å². The van der Waals surface area contributed by atoms with Gasteiger partial charge in [-0.05, 0) is 35.4 Å². The highest BCUT2D eigenvalue weighted by atomic mass is 16.3. The average molecular weight is 292 g/mol. The van der Waals surface area contributed by atoms with Gasteiger partial charge in [-0.15, -0.1) is 0 Å². The number of benzene rings is 2. The molecule has 1 aromatic heterocycles. The van der Waals surface area contributed by atoms with E-state index in [2.05, 4.69) is 53.6 Å². The largest absolute Gasteiger partial charge is 0.387 e. The van der Waals surface area contributed by atoms with Crippen molar-refractivity contribution in [3.63, 3.8) is 0 Å². The molecule has 3 nitrogen and oxygen atoms in total. The summed E-state index contributed by atoms with van der Waals surface area (Å²) in [5, 5.41) is 16.1. The van der Waals surface area contributed by atoms with Gasteiger partial charge in [0.15, 0.2) is 0 Å².